The standard InChI is InChI=1S/C14H32N2O6P4/c1-23(2,19)9-15(10-24(3,4)20)13(17)14(18)16(11-25(5,6)21)12-26(7,8)22/h9-12H2,1-8H3. The zero-order chi connectivity index (χ0) is 21.1. The van der Waals surface area contributed by atoms with Crippen LogP contribution in [0.1, 0.15) is 0 Å². The summed E-state index contributed by atoms with van der Waals surface area (Å²) in [5.41, 5.74) is 0. The van der Waals surface area contributed by atoms with E-state index in [1.807, 2.05) is 0 Å². The van der Waals surface area contributed by atoms with Crippen LogP contribution in [0.2, 0.25) is 0 Å². The molecule has 0 spiro atoms. The normalized spacial score (nSPS) is 13.4. The van der Waals surface area contributed by atoms with E-state index in [1.54, 1.807) is 0 Å². The highest BCUT2D eigenvalue weighted by atomic mass is 31.2. The molecule has 0 aliphatic carbocycles. The largest absolute Gasteiger partial charge is 0.322 e. The molecule has 0 rings (SSSR count). The Balaban J connectivity index is 5.76. The zero-order valence-electron chi connectivity index (χ0n) is 17.0. The molecule has 0 aromatic heterocycles. The van der Waals surface area contributed by atoms with Crippen LogP contribution in [0, 0.1) is 0 Å². The summed E-state index contributed by atoms with van der Waals surface area (Å²) in [5, 5.41) is 0. The topological polar surface area (TPSA) is 109 Å². The Morgan fingerprint density at radius 2 is 0.654 bits per heavy atom. The first-order chi connectivity index (χ1) is 11.2. The molecule has 0 radical (unpaired) electrons. The quantitative estimate of drug-likeness (QED) is 0.417. The third kappa shape index (κ3) is 12.3. The molecule has 0 N–H and O–H groups in total. The summed E-state index contributed by atoms with van der Waals surface area (Å²) < 4.78 is 48.7. The summed E-state index contributed by atoms with van der Waals surface area (Å²) in [6.07, 6.45) is -0.711. The minimum absolute atomic E-state index is 0.178. The fourth-order valence-corrected chi connectivity index (χ4v) is 6.78. The van der Waals surface area contributed by atoms with Crippen molar-refractivity contribution < 1.29 is 27.8 Å². The van der Waals surface area contributed by atoms with E-state index in [4.69, 9.17) is 0 Å². The highest BCUT2D eigenvalue weighted by molar-refractivity contribution is 7.63. The van der Waals surface area contributed by atoms with Gasteiger partial charge in [0, 0.05) is 0 Å². The van der Waals surface area contributed by atoms with Crippen molar-refractivity contribution in [2.75, 3.05) is 78.5 Å². The third-order valence-electron chi connectivity index (χ3n) is 2.80. The van der Waals surface area contributed by atoms with Crippen LogP contribution in [0.4, 0.5) is 0 Å². The van der Waals surface area contributed by atoms with E-state index in [-0.39, 0.29) is 25.1 Å². The lowest BCUT2D eigenvalue weighted by Gasteiger charge is -2.30. The van der Waals surface area contributed by atoms with Gasteiger partial charge in [-0.25, -0.2) is 0 Å². The number of hydrogen-bond acceptors (Lipinski definition) is 6. The van der Waals surface area contributed by atoms with E-state index >= 15 is 0 Å². The van der Waals surface area contributed by atoms with Gasteiger partial charge in [-0.1, -0.05) is 0 Å². The Hall–Kier alpha value is -0.140. The number of carbonyl (C=O) groups is 2. The highest BCUT2D eigenvalue weighted by Crippen LogP contribution is 2.44. The van der Waals surface area contributed by atoms with Gasteiger partial charge in [0.1, 0.15) is 28.6 Å². The van der Waals surface area contributed by atoms with Gasteiger partial charge in [-0.15, -0.1) is 0 Å². The lowest BCUT2D eigenvalue weighted by atomic mass is 10.5. The Labute approximate surface area is 156 Å². The zero-order valence-corrected chi connectivity index (χ0v) is 20.5. The van der Waals surface area contributed by atoms with Crippen LogP contribution in [0.5, 0.6) is 0 Å². The molecule has 0 aliphatic heterocycles. The second-order valence-electron chi connectivity index (χ2n) is 8.55. The molecular weight excluding hydrogens is 416 g/mol. The average Bonchev–Trinajstić information content (AvgIpc) is 2.28. The van der Waals surface area contributed by atoms with E-state index in [2.05, 4.69) is 0 Å². The van der Waals surface area contributed by atoms with Gasteiger partial charge in [0.05, 0.1) is 25.1 Å². The summed E-state index contributed by atoms with van der Waals surface area (Å²) in [4.78, 5) is 27.5. The molecule has 12 heteroatoms. The van der Waals surface area contributed by atoms with Crippen molar-refractivity contribution in [2.45, 2.75) is 0 Å². The average molecular weight is 448 g/mol. The molecule has 0 unspecified atom stereocenters. The molecule has 0 aliphatic rings. The number of amides is 2. The molecule has 2 amide bonds. The summed E-state index contributed by atoms with van der Waals surface area (Å²) in [6, 6.07) is 0. The second kappa shape index (κ2) is 8.91. The lowest BCUT2D eigenvalue weighted by molar-refractivity contribution is -0.149. The minimum Gasteiger partial charge on any atom is -0.322 e. The second-order valence-corrected chi connectivity index (χ2v) is 22.3. The fraction of sp³-hybridized carbons (Fsp3) is 0.857. The van der Waals surface area contributed by atoms with Gasteiger partial charge in [0.15, 0.2) is 0 Å². The first-order valence-electron chi connectivity index (χ1n) is 7.94. The monoisotopic (exact) mass is 448 g/mol. The Kier molecular flexibility index (Phi) is 8.86. The molecule has 0 saturated carbocycles. The van der Waals surface area contributed by atoms with Crippen molar-refractivity contribution in [2.24, 2.45) is 0 Å². The number of rotatable bonds is 8. The van der Waals surface area contributed by atoms with Crippen LogP contribution in [-0.4, -0.2) is 100 Å². The molecule has 26 heavy (non-hydrogen) atoms. The molecule has 8 nitrogen and oxygen atoms in total. The van der Waals surface area contributed by atoms with Gasteiger partial charge in [-0.2, -0.15) is 0 Å². The van der Waals surface area contributed by atoms with Gasteiger partial charge in [0.25, 0.3) is 0 Å². The number of carbonyl (C=O) groups excluding carboxylic acids is 2. The highest BCUT2D eigenvalue weighted by Gasteiger charge is 2.34. The molecule has 0 atom stereocenters. The van der Waals surface area contributed by atoms with Crippen molar-refractivity contribution in [1.29, 1.82) is 0 Å². The van der Waals surface area contributed by atoms with Crippen LogP contribution in [0.3, 0.4) is 0 Å². The van der Waals surface area contributed by atoms with Gasteiger partial charge in [-0.3, -0.25) is 9.59 Å². The van der Waals surface area contributed by atoms with E-state index in [1.165, 1.54) is 53.3 Å². The third-order valence-corrected chi connectivity index (χ3v) is 6.89. The molecule has 0 aromatic rings. The van der Waals surface area contributed by atoms with E-state index < -0.39 is 40.4 Å². The molecular formula is C14H32N2O6P4. The van der Waals surface area contributed by atoms with Crippen LogP contribution in [0.15, 0.2) is 0 Å². The summed E-state index contributed by atoms with van der Waals surface area (Å²) in [7, 11) is -10.8. The molecule has 0 heterocycles. The molecule has 154 valence electrons. The molecule has 0 saturated heterocycles. The minimum atomic E-state index is -2.71. The predicted molar refractivity (Wildman–Crippen MR) is 111 cm³/mol. The summed E-state index contributed by atoms with van der Waals surface area (Å²) in [5.74, 6) is -1.92. The maximum atomic E-state index is 12.7. The van der Waals surface area contributed by atoms with Crippen molar-refractivity contribution in [3.05, 3.63) is 0 Å². The van der Waals surface area contributed by atoms with Gasteiger partial charge in [-0.05, 0) is 53.3 Å². The van der Waals surface area contributed by atoms with Crippen molar-refractivity contribution in [3.63, 3.8) is 0 Å². The van der Waals surface area contributed by atoms with Crippen molar-refractivity contribution in [1.82, 2.24) is 9.80 Å². The Morgan fingerprint density at radius 3 is 0.769 bits per heavy atom. The lowest BCUT2D eigenvalue weighted by Crippen LogP contribution is -2.46. The van der Waals surface area contributed by atoms with Crippen LogP contribution >= 0.6 is 28.6 Å². The van der Waals surface area contributed by atoms with Crippen LogP contribution < -0.4 is 0 Å². The smallest absolute Gasteiger partial charge is 0.312 e. The molecule has 0 bridgehead atoms. The fourth-order valence-electron chi connectivity index (χ4n) is 2.26. The van der Waals surface area contributed by atoms with Crippen LogP contribution in [0.25, 0.3) is 0 Å². The first kappa shape index (κ1) is 25.9. The molecule has 0 fully saturated rings. The van der Waals surface area contributed by atoms with Gasteiger partial charge in [0.2, 0.25) is 0 Å². The summed E-state index contributed by atoms with van der Waals surface area (Å²) >= 11 is 0. The Bertz CT molecular complexity index is 616. The predicted octanol–water partition coefficient (Wildman–Crippen LogP) is 2.96. The SMILES string of the molecule is CP(C)(=O)CN(CP(C)(C)=O)C(=O)C(=O)N(CP(C)(C)=O)CP(C)(C)=O. The maximum absolute atomic E-state index is 12.7. The number of nitrogens with zero attached hydrogens (tertiary/aromatic N) is 2. The molecule has 0 aromatic carbocycles. The maximum Gasteiger partial charge on any atom is 0.312 e. The number of hydrogen-bond donors (Lipinski definition) is 0. The van der Waals surface area contributed by atoms with Crippen molar-refractivity contribution >= 4 is 40.4 Å². The van der Waals surface area contributed by atoms with Gasteiger partial charge >= 0.3 is 11.8 Å². The van der Waals surface area contributed by atoms with Crippen LogP contribution in [-0.2, 0) is 27.8 Å². The van der Waals surface area contributed by atoms with E-state index in [9.17, 15) is 27.8 Å². The first-order valence-corrected chi connectivity index (χ1v) is 19.1. The van der Waals surface area contributed by atoms with E-state index in [0.29, 0.717) is 0 Å². The van der Waals surface area contributed by atoms with E-state index in [0.717, 1.165) is 9.80 Å². The van der Waals surface area contributed by atoms with Gasteiger partial charge < -0.3 is 28.1 Å². The Morgan fingerprint density at radius 1 is 0.500 bits per heavy atom. The van der Waals surface area contributed by atoms with Crippen molar-refractivity contribution in [3.8, 4) is 0 Å². The summed E-state index contributed by atoms with van der Waals surface area (Å²) in [6.45, 7) is 11.8.